The van der Waals surface area contributed by atoms with Gasteiger partial charge < -0.3 is 16.4 Å². The van der Waals surface area contributed by atoms with Crippen LogP contribution in [0.3, 0.4) is 0 Å². The lowest BCUT2D eigenvalue weighted by Crippen LogP contribution is -2.38. The Morgan fingerprint density at radius 2 is 1.45 bits per heavy atom. The van der Waals surface area contributed by atoms with Crippen LogP contribution < -0.4 is 16.4 Å². The second kappa shape index (κ2) is 11.2. The van der Waals surface area contributed by atoms with Crippen molar-refractivity contribution in [2.24, 2.45) is 17.6 Å². The van der Waals surface area contributed by atoms with E-state index in [-0.39, 0.29) is 17.9 Å². The zero-order valence-electron chi connectivity index (χ0n) is 19.1. The van der Waals surface area contributed by atoms with Crippen molar-refractivity contribution in [3.05, 3.63) is 64.7 Å². The molecule has 2 amide bonds. The predicted octanol–water partition coefficient (Wildman–Crippen LogP) is 5.79. The molecule has 2 aliphatic rings. The minimum Gasteiger partial charge on any atom is -0.349 e. The number of nitrogens with one attached hydrogen (secondary N) is 2. The Morgan fingerprint density at radius 1 is 0.818 bits per heavy atom. The molecule has 0 atom stereocenters. The fourth-order valence-corrected chi connectivity index (χ4v) is 5.42. The van der Waals surface area contributed by atoms with Crippen LogP contribution in [0.5, 0.6) is 0 Å². The van der Waals surface area contributed by atoms with Gasteiger partial charge in [0.2, 0.25) is 0 Å². The molecular formula is C27H34ClN3O2. The smallest absolute Gasteiger partial charge is 0.255 e. The number of anilines is 1. The maximum atomic E-state index is 12.9. The number of nitrogens with two attached hydrogens (primary N) is 1. The van der Waals surface area contributed by atoms with Crippen molar-refractivity contribution >= 4 is 29.1 Å². The van der Waals surface area contributed by atoms with Gasteiger partial charge in [0.15, 0.2) is 0 Å². The second-order valence-corrected chi connectivity index (χ2v) is 10.1. The zero-order valence-corrected chi connectivity index (χ0v) is 19.8. The van der Waals surface area contributed by atoms with Crippen molar-refractivity contribution in [3.8, 4) is 0 Å². The molecule has 2 saturated carbocycles. The molecule has 0 aliphatic heterocycles. The van der Waals surface area contributed by atoms with E-state index >= 15 is 0 Å². The van der Waals surface area contributed by atoms with Crippen LogP contribution in [0.25, 0.3) is 0 Å². The standard InChI is InChI=1S/C27H34ClN3O2/c28-24-15-10-21(17-25(24)31-26(32)20-4-2-1-3-5-20)27(33)30-23-13-8-19(9-14-23)16-18-6-11-22(29)12-7-18/h1-5,10,15,17-19,22-23H,6-9,11-14,16,29H2,(H,30,33)(H,31,32). The molecule has 0 unspecified atom stereocenters. The number of rotatable bonds is 6. The minimum absolute atomic E-state index is 0.119. The van der Waals surface area contributed by atoms with E-state index in [0.29, 0.717) is 27.9 Å². The summed E-state index contributed by atoms with van der Waals surface area (Å²) < 4.78 is 0. The molecule has 176 valence electrons. The Hall–Kier alpha value is -2.37. The molecule has 0 bridgehead atoms. The summed E-state index contributed by atoms with van der Waals surface area (Å²) in [5.74, 6) is 1.23. The Morgan fingerprint density at radius 3 is 2.12 bits per heavy atom. The van der Waals surface area contributed by atoms with Crippen LogP contribution in [0.15, 0.2) is 48.5 Å². The van der Waals surface area contributed by atoms with Gasteiger partial charge in [0, 0.05) is 23.2 Å². The van der Waals surface area contributed by atoms with E-state index in [1.54, 1.807) is 42.5 Å². The van der Waals surface area contributed by atoms with Gasteiger partial charge in [-0.05, 0) is 100.0 Å². The van der Waals surface area contributed by atoms with E-state index in [2.05, 4.69) is 10.6 Å². The highest BCUT2D eigenvalue weighted by molar-refractivity contribution is 6.34. The Kier molecular flexibility index (Phi) is 8.05. The molecule has 0 saturated heterocycles. The van der Waals surface area contributed by atoms with E-state index in [1.165, 1.54) is 44.9 Å². The summed E-state index contributed by atoms with van der Waals surface area (Å²) in [6.07, 6.45) is 10.6. The third-order valence-corrected chi connectivity index (χ3v) is 7.58. The van der Waals surface area contributed by atoms with Crippen molar-refractivity contribution < 1.29 is 9.59 Å². The maximum absolute atomic E-state index is 12.9. The highest BCUT2D eigenvalue weighted by atomic mass is 35.5. The number of carbonyl (C=O) groups is 2. The van der Waals surface area contributed by atoms with Gasteiger partial charge in [-0.25, -0.2) is 0 Å². The molecule has 0 radical (unpaired) electrons. The highest BCUT2D eigenvalue weighted by Gasteiger charge is 2.27. The van der Waals surface area contributed by atoms with Crippen LogP contribution in [0.4, 0.5) is 5.69 Å². The third kappa shape index (κ3) is 6.58. The number of benzene rings is 2. The molecule has 6 heteroatoms. The lowest BCUT2D eigenvalue weighted by atomic mass is 9.76. The van der Waals surface area contributed by atoms with Gasteiger partial charge >= 0.3 is 0 Å². The van der Waals surface area contributed by atoms with Crippen molar-refractivity contribution in [1.29, 1.82) is 0 Å². The average molecular weight is 468 g/mol. The van der Waals surface area contributed by atoms with Gasteiger partial charge in [-0.1, -0.05) is 29.8 Å². The van der Waals surface area contributed by atoms with E-state index in [0.717, 1.165) is 24.7 Å². The van der Waals surface area contributed by atoms with Crippen molar-refractivity contribution in [2.75, 3.05) is 5.32 Å². The first-order valence-electron chi connectivity index (χ1n) is 12.2. The number of hydrogen-bond donors (Lipinski definition) is 3. The van der Waals surface area contributed by atoms with Crippen molar-refractivity contribution in [3.63, 3.8) is 0 Å². The molecule has 0 aromatic heterocycles. The Labute approximate surface area is 201 Å². The fraction of sp³-hybridized carbons (Fsp3) is 0.481. The summed E-state index contributed by atoms with van der Waals surface area (Å²) in [5.41, 5.74) is 7.52. The molecule has 33 heavy (non-hydrogen) atoms. The van der Waals surface area contributed by atoms with E-state index in [1.807, 2.05) is 6.07 Å². The maximum Gasteiger partial charge on any atom is 0.255 e. The minimum atomic E-state index is -0.256. The van der Waals surface area contributed by atoms with Gasteiger partial charge in [0.1, 0.15) is 0 Å². The average Bonchev–Trinajstić information content (AvgIpc) is 2.83. The van der Waals surface area contributed by atoms with Crippen molar-refractivity contribution in [2.45, 2.75) is 69.9 Å². The third-order valence-electron chi connectivity index (χ3n) is 7.25. The summed E-state index contributed by atoms with van der Waals surface area (Å²) in [7, 11) is 0. The van der Waals surface area contributed by atoms with Crippen LogP contribution in [-0.2, 0) is 0 Å². The molecule has 4 rings (SSSR count). The fourth-order valence-electron chi connectivity index (χ4n) is 5.25. The molecule has 0 heterocycles. The number of halogens is 1. The van der Waals surface area contributed by atoms with Gasteiger partial charge in [-0.15, -0.1) is 0 Å². The van der Waals surface area contributed by atoms with Crippen LogP contribution in [0.1, 0.15) is 78.5 Å². The molecule has 5 nitrogen and oxygen atoms in total. The summed E-state index contributed by atoms with van der Waals surface area (Å²) >= 11 is 6.27. The van der Waals surface area contributed by atoms with Crippen LogP contribution >= 0.6 is 11.6 Å². The number of amides is 2. The monoisotopic (exact) mass is 467 g/mol. The topological polar surface area (TPSA) is 84.2 Å². The second-order valence-electron chi connectivity index (χ2n) is 9.72. The SMILES string of the molecule is NC1CCC(CC2CCC(NC(=O)c3ccc(Cl)c(NC(=O)c4ccccc4)c3)CC2)CC1. The molecular weight excluding hydrogens is 434 g/mol. The first kappa shape index (κ1) is 23.8. The Balaban J connectivity index is 1.28. The first-order chi connectivity index (χ1) is 16.0. The lowest BCUT2D eigenvalue weighted by Gasteiger charge is -2.33. The van der Waals surface area contributed by atoms with Crippen molar-refractivity contribution in [1.82, 2.24) is 5.32 Å². The van der Waals surface area contributed by atoms with E-state index < -0.39 is 0 Å². The molecule has 2 aromatic carbocycles. The van der Waals surface area contributed by atoms with Gasteiger partial charge in [-0.3, -0.25) is 9.59 Å². The normalized spacial score (nSPS) is 25.3. The predicted molar refractivity (Wildman–Crippen MR) is 134 cm³/mol. The quantitative estimate of drug-likeness (QED) is 0.502. The first-order valence-corrected chi connectivity index (χ1v) is 12.6. The van der Waals surface area contributed by atoms with Gasteiger partial charge in [0.05, 0.1) is 10.7 Å². The summed E-state index contributed by atoms with van der Waals surface area (Å²) in [5, 5.41) is 6.40. The largest absolute Gasteiger partial charge is 0.349 e. The molecule has 0 spiro atoms. The summed E-state index contributed by atoms with van der Waals surface area (Å²) in [6.45, 7) is 0. The molecule has 2 fully saturated rings. The molecule has 4 N–H and O–H groups in total. The van der Waals surface area contributed by atoms with Gasteiger partial charge in [0.25, 0.3) is 11.8 Å². The lowest BCUT2D eigenvalue weighted by molar-refractivity contribution is 0.0917. The van der Waals surface area contributed by atoms with Crippen LogP contribution in [-0.4, -0.2) is 23.9 Å². The molecule has 2 aromatic rings. The van der Waals surface area contributed by atoms with Crippen LogP contribution in [0, 0.1) is 11.8 Å². The number of hydrogen-bond acceptors (Lipinski definition) is 3. The Bertz CT molecular complexity index is 949. The number of carbonyl (C=O) groups excluding carboxylic acids is 2. The highest BCUT2D eigenvalue weighted by Crippen LogP contribution is 2.35. The summed E-state index contributed by atoms with van der Waals surface area (Å²) in [4.78, 5) is 25.4. The molecule has 2 aliphatic carbocycles. The van der Waals surface area contributed by atoms with Crippen LogP contribution in [0.2, 0.25) is 5.02 Å². The zero-order chi connectivity index (χ0) is 23.2. The summed E-state index contributed by atoms with van der Waals surface area (Å²) in [6, 6.07) is 14.6. The van der Waals surface area contributed by atoms with E-state index in [4.69, 9.17) is 17.3 Å². The van der Waals surface area contributed by atoms with E-state index in [9.17, 15) is 9.59 Å². The van der Waals surface area contributed by atoms with Gasteiger partial charge in [-0.2, -0.15) is 0 Å².